The number of nitrogens with one attached hydrogen (secondary N) is 1. The average Bonchev–Trinajstić information content (AvgIpc) is 2.87. The molecule has 0 bridgehead atoms. The molecule has 0 aromatic carbocycles. The van der Waals surface area contributed by atoms with Gasteiger partial charge in [0.15, 0.2) is 0 Å². The quantitative estimate of drug-likeness (QED) is 0.868. The number of methoxy groups -OCH3 is 1. The summed E-state index contributed by atoms with van der Waals surface area (Å²) in [5.74, 6) is 0. The smallest absolute Gasteiger partial charge is 0.0724 e. The van der Waals surface area contributed by atoms with E-state index in [2.05, 4.69) is 36.8 Å². The lowest BCUT2D eigenvalue weighted by atomic mass is 10.2. The first kappa shape index (κ1) is 12.7. The first-order valence-electron chi connectivity index (χ1n) is 6.51. The third kappa shape index (κ3) is 2.55. The zero-order valence-electron chi connectivity index (χ0n) is 11.4. The number of aryl methyl sites for hydroxylation is 1. The summed E-state index contributed by atoms with van der Waals surface area (Å²) in [5.41, 5.74) is 4.10. The minimum absolute atomic E-state index is 0.403. The van der Waals surface area contributed by atoms with Crippen molar-refractivity contribution in [2.24, 2.45) is 7.05 Å². The standard InChI is InChI=1S/C14H24N2O/c1-10-8-12(11(2)16(10)3)9-15-13-6-5-7-14(13)17-4/h8,13-15H,5-7,9H2,1-4H3. The third-order valence-corrected chi connectivity index (χ3v) is 4.19. The van der Waals surface area contributed by atoms with Crippen molar-refractivity contribution in [3.8, 4) is 0 Å². The van der Waals surface area contributed by atoms with E-state index >= 15 is 0 Å². The van der Waals surface area contributed by atoms with Crippen LogP contribution in [0.4, 0.5) is 0 Å². The molecule has 1 aliphatic carbocycles. The molecular weight excluding hydrogens is 212 g/mol. The molecule has 0 spiro atoms. The summed E-state index contributed by atoms with van der Waals surface area (Å²) in [5, 5.41) is 3.64. The van der Waals surface area contributed by atoms with Crippen LogP contribution in [0.25, 0.3) is 0 Å². The number of hydrogen-bond donors (Lipinski definition) is 1. The van der Waals surface area contributed by atoms with Crippen LogP contribution in [0.2, 0.25) is 0 Å². The lowest BCUT2D eigenvalue weighted by Gasteiger charge is -2.19. The van der Waals surface area contributed by atoms with Crippen molar-refractivity contribution in [1.82, 2.24) is 9.88 Å². The van der Waals surface area contributed by atoms with E-state index in [1.165, 1.54) is 36.2 Å². The van der Waals surface area contributed by atoms with Crippen molar-refractivity contribution in [2.45, 2.75) is 51.8 Å². The van der Waals surface area contributed by atoms with Crippen LogP contribution in [0, 0.1) is 13.8 Å². The molecule has 1 saturated carbocycles. The van der Waals surface area contributed by atoms with Crippen molar-refractivity contribution in [2.75, 3.05) is 7.11 Å². The Bertz CT molecular complexity index is 384. The monoisotopic (exact) mass is 236 g/mol. The molecule has 1 aromatic rings. The number of rotatable bonds is 4. The van der Waals surface area contributed by atoms with Crippen LogP contribution in [0.1, 0.15) is 36.2 Å². The van der Waals surface area contributed by atoms with Crippen LogP contribution in [0.15, 0.2) is 6.07 Å². The molecule has 1 fully saturated rings. The molecule has 0 aliphatic heterocycles. The van der Waals surface area contributed by atoms with Gasteiger partial charge in [0.1, 0.15) is 0 Å². The van der Waals surface area contributed by atoms with E-state index in [0.717, 1.165) is 6.54 Å². The first-order valence-corrected chi connectivity index (χ1v) is 6.51. The second kappa shape index (κ2) is 5.23. The van der Waals surface area contributed by atoms with Crippen LogP contribution >= 0.6 is 0 Å². The van der Waals surface area contributed by atoms with Crippen molar-refractivity contribution in [3.05, 3.63) is 23.0 Å². The van der Waals surface area contributed by atoms with Gasteiger partial charge < -0.3 is 14.6 Å². The molecule has 1 N–H and O–H groups in total. The van der Waals surface area contributed by atoms with Gasteiger partial charge in [-0.2, -0.15) is 0 Å². The summed E-state index contributed by atoms with van der Waals surface area (Å²) < 4.78 is 7.75. The Labute approximate surface area is 104 Å². The average molecular weight is 236 g/mol. The van der Waals surface area contributed by atoms with E-state index in [4.69, 9.17) is 4.74 Å². The summed E-state index contributed by atoms with van der Waals surface area (Å²) in [6.07, 6.45) is 4.12. The largest absolute Gasteiger partial charge is 0.380 e. The molecule has 17 heavy (non-hydrogen) atoms. The number of hydrogen-bond acceptors (Lipinski definition) is 2. The highest BCUT2D eigenvalue weighted by atomic mass is 16.5. The predicted octanol–water partition coefficient (Wildman–Crippen LogP) is 2.30. The first-order chi connectivity index (χ1) is 8.13. The zero-order valence-corrected chi connectivity index (χ0v) is 11.4. The molecule has 1 aliphatic rings. The maximum Gasteiger partial charge on any atom is 0.0724 e. The highest BCUT2D eigenvalue weighted by molar-refractivity contribution is 5.26. The molecule has 2 rings (SSSR count). The summed E-state index contributed by atoms with van der Waals surface area (Å²) in [6, 6.07) is 2.80. The normalized spacial score (nSPS) is 24.5. The minimum atomic E-state index is 0.403. The summed E-state index contributed by atoms with van der Waals surface area (Å²) in [6.45, 7) is 5.30. The number of nitrogens with zero attached hydrogens (tertiary/aromatic N) is 1. The predicted molar refractivity (Wildman–Crippen MR) is 70.2 cm³/mol. The van der Waals surface area contributed by atoms with Crippen LogP contribution in [-0.2, 0) is 18.3 Å². The Morgan fingerprint density at radius 1 is 1.41 bits per heavy atom. The fourth-order valence-electron chi connectivity index (χ4n) is 2.80. The fraction of sp³-hybridized carbons (Fsp3) is 0.714. The van der Waals surface area contributed by atoms with Crippen LogP contribution in [-0.4, -0.2) is 23.8 Å². The molecule has 0 saturated heterocycles. The molecule has 1 aromatic heterocycles. The summed E-state index contributed by atoms with van der Waals surface area (Å²) in [7, 11) is 3.95. The van der Waals surface area contributed by atoms with Gasteiger partial charge in [0, 0.05) is 38.1 Å². The Hall–Kier alpha value is -0.800. The minimum Gasteiger partial charge on any atom is -0.380 e. The summed E-state index contributed by atoms with van der Waals surface area (Å²) >= 11 is 0. The van der Waals surface area contributed by atoms with Gasteiger partial charge in [-0.1, -0.05) is 0 Å². The van der Waals surface area contributed by atoms with Crippen molar-refractivity contribution in [3.63, 3.8) is 0 Å². The second-order valence-electron chi connectivity index (χ2n) is 5.15. The molecule has 1 heterocycles. The maximum atomic E-state index is 5.50. The second-order valence-corrected chi connectivity index (χ2v) is 5.15. The highest BCUT2D eigenvalue weighted by Crippen LogP contribution is 2.22. The zero-order chi connectivity index (χ0) is 12.4. The van der Waals surface area contributed by atoms with E-state index in [-0.39, 0.29) is 0 Å². The Balaban J connectivity index is 1.95. The van der Waals surface area contributed by atoms with Gasteiger partial charge in [-0.3, -0.25) is 0 Å². The molecule has 2 atom stereocenters. The Kier molecular flexibility index (Phi) is 3.89. The number of ether oxygens (including phenoxy) is 1. The summed E-state index contributed by atoms with van der Waals surface area (Å²) in [4.78, 5) is 0. The van der Waals surface area contributed by atoms with Gasteiger partial charge in [-0.25, -0.2) is 0 Å². The maximum absolute atomic E-state index is 5.50. The lowest BCUT2D eigenvalue weighted by Crippen LogP contribution is -2.36. The molecule has 96 valence electrons. The molecule has 3 nitrogen and oxygen atoms in total. The third-order valence-electron chi connectivity index (χ3n) is 4.19. The topological polar surface area (TPSA) is 26.2 Å². The highest BCUT2D eigenvalue weighted by Gasteiger charge is 2.26. The Morgan fingerprint density at radius 3 is 2.76 bits per heavy atom. The molecule has 0 radical (unpaired) electrons. The molecular formula is C14H24N2O. The van der Waals surface area contributed by atoms with Crippen molar-refractivity contribution >= 4 is 0 Å². The van der Waals surface area contributed by atoms with Crippen LogP contribution in [0.5, 0.6) is 0 Å². The van der Waals surface area contributed by atoms with Gasteiger partial charge in [0.05, 0.1) is 6.10 Å². The molecule has 0 amide bonds. The Morgan fingerprint density at radius 2 is 2.18 bits per heavy atom. The molecule has 3 heteroatoms. The lowest BCUT2D eigenvalue weighted by molar-refractivity contribution is 0.0847. The van der Waals surface area contributed by atoms with Crippen LogP contribution < -0.4 is 5.32 Å². The van der Waals surface area contributed by atoms with Gasteiger partial charge in [0.25, 0.3) is 0 Å². The van der Waals surface area contributed by atoms with E-state index in [1.807, 2.05) is 7.11 Å². The van der Waals surface area contributed by atoms with E-state index in [9.17, 15) is 0 Å². The van der Waals surface area contributed by atoms with E-state index in [1.54, 1.807) is 0 Å². The van der Waals surface area contributed by atoms with E-state index in [0.29, 0.717) is 12.1 Å². The van der Waals surface area contributed by atoms with E-state index < -0.39 is 0 Å². The van der Waals surface area contributed by atoms with Gasteiger partial charge in [-0.05, 0) is 44.7 Å². The van der Waals surface area contributed by atoms with Gasteiger partial charge in [0.2, 0.25) is 0 Å². The SMILES string of the molecule is COC1CCCC1NCc1cc(C)n(C)c1C. The fourth-order valence-corrected chi connectivity index (χ4v) is 2.80. The van der Waals surface area contributed by atoms with Crippen molar-refractivity contribution in [1.29, 1.82) is 0 Å². The number of aromatic nitrogens is 1. The van der Waals surface area contributed by atoms with Gasteiger partial charge in [-0.15, -0.1) is 0 Å². The van der Waals surface area contributed by atoms with Crippen molar-refractivity contribution < 1.29 is 4.74 Å². The van der Waals surface area contributed by atoms with Crippen LogP contribution in [0.3, 0.4) is 0 Å². The molecule has 2 unspecified atom stereocenters. The van der Waals surface area contributed by atoms with Gasteiger partial charge >= 0.3 is 0 Å².